The molecule has 2 bridgehead atoms. The predicted octanol–water partition coefficient (Wildman–Crippen LogP) is 3.26. The van der Waals surface area contributed by atoms with E-state index >= 15 is 0 Å². The van der Waals surface area contributed by atoms with E-state index in [1.165, 1.54) is 24.3 Å². The number of carbonyl (C=O) groups is 1. The molecule has 4 atom stereocenters. The van der Waals surface area contributed by atoms with Crippen molar-refractivity contribution < 1.29 is 30.0 Å². The maximum Gasteiger partial charge on any atom is 0.296 e. The summed E-state index contributed by atoms with van der Waals surface area (Å²) in [5.74, 6) is -1.43. The van der Waals surface area contributed by atoms with E-state index in [-0.39, 0.29) is 40.6 Å². The summed E-state index contributed by atoms with van der Waals surface area (Å²) >= 11 is 0. The van der Waals surface area contributed by atoms with Gasteiger partial charge in [-0.3, -0.25) is 13.2 Å². The van der Waals surface area contributed by atoms with Gasteiger partial charge in [-0.1, -0.05) is 35.4 Å². The first-order valence-corrected chi connectivity index (χ1v) is 13.4. The average Bonchev–Trinajstić information content (AvgIpc) is 3.24. The molecule has 2 aromatic rings. The van der Waals surface area contributed by atoms with Gasteiger partial charge in [0.2, 0.25) is 0 Å². The molecule has 2 aliphatic rings. The third-order valence-electron chi connectivity index (χ3n) is 6.55. The average molecular weight is 479 g/mol. The van der Waals surface area contributed by atoms with Gasteiger partial charge < -0.3 is 0 Å². The molecule has 9 heteroatoms. The summed E-state index contributed by atoms with van der Waals surface area (Å²) in [5, 5.41) is 0. The number of hydrogen-bond acceptors (Lipinski definition) is 7. The molecule has 7 nitrogen and oxygen atoms in total. The zero-order valence-corrected chi connectivity index (χ0v) is 19.6. The monoisotopic (exact) mass is 478 g/mol. The van der Waals surface area contributed by atoms with E-state index in [0.717, 1.165) is 11.1 Å². The molecule has 172 valence electrons. The second-order valence-electron chi connectivity index (χ2n) is 8.62. The van der Waals surface area contributed by atoms with Gasteiger partial charge in [0, 0.05) is 11.8 Å². The number of rotatable bonds is 8. The number of benzene rings is 2. The molecule has 0 N–H and O–H groups in total. The van der Waals surface area contributed by atoms with Crippen LogP contribution in [0.3, 0.4) is 0 Å². The molecular formula is C23H26O7S2. The van der Waals surface area contributed by atoms with E-state index in [4.69, 9.17) is 8.37 Å². The van der Waals surface area contributed by atoms with Gasteiger partial charge in [0.25, 0.3) is 20.2 Å². The highest BCUT2D eigenvalue weighted by Crippen LogP contribution is 2.50. The Bertz CT molecular complexity index is 1100. The Hall–Kier alpha value is -2.07. The fourth-order valence-corrected chi connectivity index (χ4v) is 6.61. The minimum atomic E-state index is -3.98. The van der Waals surface area contributed by atoms with E-state index in [0.29, 0.717) is 12.8 Å². The summed E-state index contributed by atoms with van der Waals surface area (Å²) in [5.41, 5.74) is 1.85. The highest BCUT2D eigenvalue weighted by molar-refractivity contribution is 7.87. The summed E-state index contributed by atoms with van der Waals surface area (Å²) < 4.78 is 61.0. The summed E-state index contributed by atoms with van der Waals surface area (Å²) in [6.45, 7) is 3.35. The van der Waals surface area contributed by atoms with Crippen molar-refractivity contribution >= 4 is 26.0 Å². The lowest BCUT2D eigenvalue weighted by molar-refractivity contribution is -0.122. The zero-order valence-electron chi connectivity index (χ0n) is 17.9. The predicted molar refractivity (Wildman–Crippen MR) is 117 cm³/mol. The van der Waals surface area contributed by atoms with Crippen LogP contribution in [-0.2, 0) is 33.4 Å². The Morgan fingerprint density at radius 3 is 1.38 bits per heavy atom. The first kappa shape index (κ1) is 23.1. The van der Waals surface area contributed by atoms with Gasteiger partial charge >= 0.3 is 0 Å². The quantitative estimate of drug-likeness (QED) is 0.537. The van der Waals surface area contributed by atoms with Crippen molar-refractivity contribution in [3.05, 3.63) is 59.7 Å². The van der Waals surface area contributed by atoms with Crippen LogP contribution in [0.15, 0.2) is 58.3 Å². The third kappa shape index (κ3) is 4.52. The molecule has 0 unspecified atom stereocenters. The second kappa shape index (κ2) is 8.70. The normalized spacial score (nSPS) is 25.4. The summed E-state index contributed by atoms with van der Waals surface area (Å²) in [6.07, 6.45) is 1.31. The molecule has 0 heterocycles. The van der Waals surface area contributed by atoms with Crippen molar-refractivity contribution in [3.63, 3.8) is 0 Å². The van der Waals surface area contributed by atoms with Crippen LogP contribution < -0.4 is 0 Å². The van der Waals surface area contributed by atoms with Crippen LogP contribution in [0.25, 0.3) is 0 Å². The molecule has 2 aromatic carbocycles. The number of hydrogen-bond donors (Lipinski definition) is 0. The van der Waals surface area contributed by atoms with Gasteiger partial charge in [0.1, 0.15) is 5.78 Å². The van der Waals surface area contributed by atoms with Crippen LogP contribution >= 0.6 is 0 Å². The number of fused-ring (bicyclic) bond motifs is 2. The van der Waals surface area contributed by atoms with Crippen LogP contribution in [0.5, 0.6) is 0 Å². The maximum absolute atomic E-state index is 12.6. The van der Waals surface area contributed by atoms with Crippen molar-refractivity contribution in [2.45, 2.75) is 36.5 Å². The van der Waals surface area contributed by atoms with E-state index < -0.39 is 32.1 Å². The molecule has 0 aliphatic heterocycles. The number of ketones is 1. The maximum atomic E-state index is 12.6. The Morgan fingerprint density at radius 2 is 1.03 bits per heavy atom. The van der Waals surface area contributed by atoms with Crippen LogP contribution in [-0.4, -0.2) is 35.8 Å². The van der Waals surface area contributed by atoms with Crippen LogP contribution in [0, 0.1) is 37.5 Å². The van der Waals surface area contributed by atoms with Crippen molar-refractivity contribution in [1.82, 2.24) is 0 Å². The Labute approximate surface area is 189 Å². The molecule has 0 saturated heterocycles. The summed E-state index contributed by atoms with van der Waals surface area (Å²) in [6, 6.07) is 12.6. The fraction of sp³-hybridized carbons (Fsp3) is 0.435. The van der Waals surface area contributed by atoms with Gasteiger partial charge in [-0.15, -0.1) is 0 Å². The zero-order chi connectivity index (χ0) is 23.1. The Morgan fingerprint density at radius 1 is 0.688 bits per heavy atom. The van der Waals surface area contributed by atoms with Gasteiger partial charge in [-0.05, 0) is 62.8 Å². The van der Waals surface area contributed by atoms with Gasteiger partial charge in [0.05, 0.1) is 23.0 Å². The van der Waals surface area contributed by atoms with Crippen molar-refractivity contribution in [2.24, 2.45) is 23.7 Å². The first-order valence-electron chi connectivity index (χ1n) is 10.5. The van der Waals surface area contributed by atoms with Crippen molar-refractivity contribution in [1.29, 1.82) is 0 Å². The van der Waals surface area contributed by atoms with Crippen LogP contribution in [0.2, 0.25) is 0 Å². The lowest BCUT2D eigenvalue weighted by Crippen LogP contribution is -2.31. The molecule has 0 spiro atoms. The second-order valence-corrected chi connectivity index (χ2v) is 11.9. The highest BCUT2D eigenvalue weighted by Gasteiger charge is 2.54. The van der Waals surface area contributed by atoms with Gasteiger partial charge in [-0.2, -0.15) is 16.8 Å². The summed E-state index contributed by atoms with van der Waals surface area (Å²) in [4.78, 5) is 12.7. The first-order chi connectivity index (χ1) is 15.1. The lowest BCUT2D eigenvalue weighted by atomic mass is 9.80. The van der Waals surface area contributed by atoms with E-state index in [2.05, 4.69) is 0 Å². The molecule has 0 amide bonds. The Kier molecular flexibility index (Phi) is 6.28. The topological polar surface area (TPSA) is 104 Å². The Balaban J connectivity index is 1.47. The molecule has 0 radical (unpaired) electrons. The molecule has 4 rings (SSSR count). The largest absolute Gasteiger partial charge is 0.299 e. The number of aryl methyl sites for hydroxylation is 2. The van der Waals surface area contributed by atoms with E-state index in [1.54, 1.807) is 24.3 Å². The minimum absolute atomic E-state index is 0.0485. The summed E-state index contributed by atoms with van der Waals surface area (Å²) in [7, 11) is -7.97. The SMILES string of the molecule is Cc1ccc(S(=O)(=O)OC[C@@H]2[C@@H](COS(=O)(=O)c3ccc(C)cc3)[C@H]3CC[C@@H]2C3=O)cc1. The fourth-order valence-electron chi connectivity index (χ4n) is 4.73. The molecular weight excluding hydrogens is 452 g/mol. The van der Waals surface area contributed by atoms with E-state index in [9.17, 15) is 21.6 Å². The molecule has 2 saturated carbocycles. The third-order valence-corrected chi connectivity index (χ3v) is 9.15. The van der Waals surface area contributed by atoms with Crippen LogP contribution in [0.4, 0.5) is 0 Å². The van der Waals surface area contributed by atoms with Crippen molar-refractivity contribution in [3.8, 4) is 0 Å². The lowest BCUT2D eigenvalue weighted by Gasteiger charge is -2.28. The van der Waals surface area contributed by atoms with Gasteiger partial charge in [-0.25, -0.2) is 0 Å². The minimum Gasteiger partial charge on any atom is -0.299 e. The van der Waals surface area contributed by atoms with E-state index in [1.807, 2.05) is 13.8 Å². The molecule has 32 heavy (non-hydrogen) atoms. The van der Waals surface area contributed by atoms with Crippen LogP contribution in [0.1, 0.15) is 24.0 Å². The van der Waals surface area contributed by atoms with Crippen molar-refractivity contribution in [2.75, 3.05) is 13.2 Å². The van der Waals surface area contributed by atoms with Gasteiger partial charge in [0.15, 0.2) is 0 Å². The number of Topliss-reactive ketones (excluding diaryl/α,β-unsaturated/α-hetero) is 1. The number of carbonyl (C=O) groups excluding carboxylic acids is 1. The highest BCUT2D eigenvalue weighted by atomic mass is 32.2. The molecule has 2 fully saturated rings. The molecule has 0 aromatic heterocycles. The smallest absolute Gasteiger partial charge is 0.296 e. The standard InChI is InChI=1S/C23H26O7S2/c1-15-3-7-17(8-4-15)31(25,26)29-13-21-19-11-12-20(23(19)24)22(21)14-30-32(27,28)18-9-5-16(2)6-10-18/h3-10,19-22H,11-14H2,1-2H3/t19-,20+,21-,22-/m0/s1. The molecule has 2 aliphatic carbocycles.